The molecule has 0 aliphatic carbocycles. The molecule has 0 saturated carbocycles. The minimum atomic E-state index is -0.0621. The van der Waals surface area contributed by atoms with Crippen molar-refractivity contribution in [3.8, 4) is 5.75 Å². The maximum atomic E-state index is 12.2. The summed E-state index contributed by atoms with van der Waals surface area (Å²) in [6.07, 6.45) is 0. The van der Waals surface area contributed by atoms with Crippen LogP contribution in [0, 0.1) is 6.92 Å². The van der Waals surface area contributed by atoms with Crippen molar-refractivity contribution >= 4 is 50.2 Å². The molecule has 0 saturated heterocycles. The Morgan fingerprint density at radius 1 is 1.24 bits per heavy atom. The molecule has 0 unspecified atom stereocenters. The van der Waals surface area contributed by atoms with E-state index in [4.69, 9.17) is 4.74 Å². The van der Waals surface area contributed by atoms with E-state index >= 15 is 0 Å². The number of pyridine rings is 1. The second kappa shape index (κ2) is 7.89. The Bertz CT molecular complexity index is 930. The molecule has 0 atom stereocenters. The molecule has 0 fully saturated rings. The number of anilines is 1. The Kier molecular flexibility index (Phi) is 5.60. The second-order valence-electron chi connectivity index (χ2n) is 5.49. The van der Waals surface area contributed by atoms with Gasteiger partial charge in [-0.3, -0.25) is 4.79 Å². The number of amides is 1. The maximum Gasteiger partial charge on any atom is 0.234 e. The van der Waals surface area contributed by atoms with E-state index in [0.717, 1.165) is 37.4 Å². The number of ether oxygens (including phenoxy) is 1. The number of hydrogen-bond acceptors (Lipinski definition) is 4. The molecule has 1 N–H and O–H groups in total. The van der Waals surface area contributed by atoms with Crippen molar-refractivity contribution in [1.29, 1.82) is 0 Å². The first-order valence-corrected chi connectivity index (χ1v) is 9.47. The van der Waals surface area contributed by atoms with Crippen molar-refractivity contribution in [3.05, 3.63) is 58.6 Å². The average Bonchev–Trinajstić information content (AvgIpc) is 2.61. The van der Waals surface area contributed by atoms with Crippen LogP contribution in [0.1, 0.15) is 5.56 Å². The fourth-order valence-corrected chi connectivity index (χ4v) is 3.57. The Morgan fingerprint density at radius 3 is 2.80 bits per heavy atom. The van der Waals surface area contributed by atoms with Crippen molar-refractivity contribution < 1.29 is 9.53 Å². The molecule has 3 aromatic rings. The normalized spacial score (nSPS) is 10.7. The SMILES string of the molecule is COc1ccc2nc(SCC(=O)Nc3ccccc3Br)c(C)cc2c1. The van der Waals surface area contributed by atoms with E-state index in [2.05, 4.69) is 32.3 Å². The van der Waals surface area contributed by atoms with Crippen LogP contribution < -0.4 is 10.1 Å². The second-order valence-corrected chi connectivity index (χ2v) is 7.30. The van der Waals surface area contributed by atoms with Crippen LogP contribution in [-0.4, -0.2) is 23.8 Å². The Morgan fingerprint density at radius 2 is 2.04 bits per heavy atom. The van der Waals surface area contributed by atoms with Crippen LogP contribution in [0.25, 0.3) is 10.9 Å². The predicted molar refractivity (Wildman–Crippen MR) is 107 cm³/mol. The first-order chi connectivity index (χ1) is 12.1. The zero-order valence-electron chi connectivity index (χ0n) is 13.9. The third-order valence-corrected chi connectivity index (χ3v) is 5.44. The zero-order chi connectivity index (χ0) is 17.8. The fourth-order valence-electron chi connectivity index (χ4n) is 2.40. The lowest BCUT2D eigenvalue weighted by Gasteiger charge is -2.09. The first kappa shape index (κ1) is 17.8. The lowest BCUT2D eigenvalue weighted by atomic mass is 10.1. The monoisotopic (exact) mass is 416 g/mol. The molecular weight excluding hydrogens is 400 g/mol. The number of halogens is 1. The molecule has 1 amide bonds. The van der Waals surface area contributed by atoms with Gasteiger partial charge in [0.05, 0.1) is 24.1 Å². The Labute approximate surface area is 159 Å². The third kappa shape index (κ3) is 4.32. The van der Waals surface area contributed by atoms with Crippen LogP contribution in [-0.2, 0) is 4.79 Å². The Balaban J connectivity index is 1.71. The molecular formula is C19H17BrN2O2S. The van der Waals surface area contributed by atoms with E-state index in [9.17, 15) is 4.79 Å². The number of benzene rings is 2. The molecule has 0 spiro atoms. The van der Waals surface area contributed by atoms with Crippen LogP contribution in [0.5, 0.6) is 5.75 Å². The van der Waals surface area contributed by atoms with Gasteiger partial charge in [0.2, 0.25) is 5.91 Å². The topological polar surface area (TPSA) is 51.2 Å². The number of carbonyl (C=O) groups excluding carboxylic acids is 1. The number of nitrogens with zero attached hydrogens (tertiary/aromatic N) is 1. The van der Waals surface area contributed by atoms with Gasteiger partial charge in [-0.2, -0.15) is 0 Å². The summed E-state index contributed by atoms with van der Waals surface area (Å²) < 4.78 is 6.11. The van der Waals surface area contributed by atoms with Gasteiger partial charge in [-0.15, -0.1) is 0 Å². The van der Waals surface area contributed by atoms with Gasteiger partial charge in [0.1, 0.15) is 10.8 Å². The first-order valence-electron chi connectivity index (χ1n) is 7.69. The molecule has 25 heavy (non-hydrogen) atoms. The number of hydrogen-bond donors (Lipinski definition) is 1. The molecule has 128 valence electrons. The summed E-state index contributed by atoms with van der Waals surface area (Å²) in [5, 5.41) is 4.79. The summed E-state index contributed by atoms with van der Waals surface area (Å²) in [4.78, 5) is 16.9. The average molecular weight is 417 g/mol. The lowest BCUT2D eigenvalue weighted by Crippen LogP contribution is -2.14. The van der Waals surface area contributed by atoms with Gasteiger partial charge in [0.15, 0.2) is 0 Å². The van der Waals surface area contributed by atoms with Crippen molar-refractivity contribution in [1.82, 2.24) is 4.98 Å². The summed E-state index contributed by atoms with van der Waals surface area (Å²) in [7, 11) is 1.65. The smallest absolute Gasteiger partial charge is 0.234 e. The third-order valence-electron chi connectivity index (χ3n) is 3.65. The highest BCUT2D eigenvalue weighted by molar-refractivity contribution is 9.10. The standard InChI is InChI=1S/C19H17BrN2O2S/c1-12-9-13-10-14(24-2)7-8-16(13)22-19(12)25-11-18(23)21-17-6-4-3-5-15(17)20/h3-10H,11H2,1-2H3,(H,21,23). The summed E-state index contributed by atoms with van der Waals surface area (Å²) >= 11 is 4.86. The van der Waals surface area contributed by atoms with Gasteiger partial charge < -0.3 is 10.1 Å². The molecule has 4 nitrogen and oxygen atoms in total. The van der Waals surface area contributed by atoms with E-state index in [-0.39, 0.29) is 5.91 Å². The maximum absolute atomic E-state index is 12.2. The molecule has 0 radical (unpaired) electrons. The molecule has 1 heterocycles. The number of para-hydroxylation sites is 1. The number of thioether (sulfide) groups is 1. The molecule has 2 aromatic carbocycles. The van der Waals surface area contributed by atoms with Crippen molar-refractivity contribution in [2.24, 2.45) is 0 Å². The number of aryl methyl sites for hydroxylation is 1. The predicted octanol–water partition coefficient (Wildman–Crippen LogP) is 5.05. The highest BCUT2D eigenvalue weighted by Gasteiger charge is 2.10. The number of nitrogens with one attached hydrogen (secondary N) is 1. The fraction of sp³-hybridized carbons (Fsp3) is 0.158. The summed E-state index contributed by atoms with van der Waals surface area (Å²) in [5.74, 6) is 1.05. The summed E-state index contributed by atoms with van der Waals surface area (Å²) in [6, 6.07) is 15.4. The summed E-state index contributed by atoms with van der Waals surface area (Å²) in [6.45, 7) is 2.00. The van der Waals surface area contributed by atoms with Gasteiger partial charge in [0, 0.05) is 9.86 Å². The largest absolute Gasteiger partial charge is 0.497 e. The highest BCUT2D eigenvalue weighted by Crippen LogP contribution is 2.27. The van der Waals surface area contributed by atoms with E-state index in [1.807, 2.05) is 49.4 Å². The van der Waals surface area contributed by atoms with E-state index in [0.29, 0.717) is 5.75 Å². The van der Waals surface area contributed by atoms with Crippen LogP contribution in [0.15, 0.2) is 58.0 Å². The Hall–Kier alpha value is -2.05. The van der Waals surface area contributed by atoms with E-state index in [1.54, 1.807) is 7.11 Å². The van der Waals surface area contributed by atoms with Gasteiger partial charge in [-0.05, 0) is 64.8 Å². The van der Waals surface area contributed by atoms with Crippen LogP contribution in [0.2, 0.25) is 0 Å². The minimum Gasteiger partial charge on any atom is -0.497 e. The molecule has 0 aliphatic rings. The van der Waals surface area contributed by atoms with Crippen LogP contribution >= 0.6 is 27.7 Å². The van der Waals surface area contributed by atoms with Crippen molar-refractivity contribution in [2.75, 3.05) is 18.2 Å². The molecule has 0 bridgehead atoms. The lowest BCUT2D eigenvalue weighted by molar-refractivity contribution is -0.113. The number of methoxy groups -OCH3 is 1. The number of aromatic nitrogens is 1. The van der Waals surface area contributed by atoms with E-state index in [1.165, 1.54) is 11.8 Å². The van der Waals surface area contributed by atoms with Gasteiger partial charge in [-0.25, -0.2) is 4.98 Å². The molecule has 0 aliphatic heterocycles. The van der Waals surface area contributed by atoms with Gasteiger partial charge in [0.25, 0.3) is 0 Å². The molecule has 6 heteroatoms. The van der Waals surface area contributed by atoms with Crippen molar-refractivity contribution in [2.45, 2.75) is 11.9 Å². The number of rotatable bonds is 5. The summed E-state index contributed by atoms with van der Waals surface area (Å²) in [5.41, 5.74) is 2.70. The van der Waals surface area contributed by atoms with Crippen LogP contribution in [0.3, 0.4) is 0 Å². The minimum absolute atomic E-state index is 0.0621. The number of carbonyl (C=O) groups is 1. The highest BCUT2D eigenvalue weighted by atomic mass is 79.9. The molecule has 3 rings (SSSR count). The van der Waals surface area contributed by atoms with Crippen molar-refractivity contribution in [3.63, 3.8) is 0 Å². The van der Waals surface area contributed by atoms with Gasteiger partial charge >= 0.3 is 0 Å². The van der Waals surface area contributed by atoms with Gasteiger partial charge in [-0.1, -0.05) is 23.9 Å². The van der Waals surface area contributed by atoms with E-state index < -0.39 is 0 Å². The number of fused-ring (bicyclic) bond motifs is 1. The quantitative estimate of drug-likeness (QED) is 0.591. The van der Waals surface area contributed by atoms with Crippen LogP contribution in [0.4, 0.5) is 5.69 Å². The zero-order valence-corrected chi connectivity index (χ0v) is 16.3. The molecule has 1 aromatic heterocycles.